The normalized spacial score (nSPS) is 22.7. The second kappa shape index (κ2) is 8.65. The van der Waals surface area contributed by atoms with Crippen molar-refractivity contribution < 1.29 is 9.63 Å². The van der Waals surface area contributed by atoms with Gasteiger partial charge in [-0.25, -0.2) is 4.99 Å². The highest BCUT2D eigenvalue weighted by molar-refractivity contribution is 7.08. The molecule has 0 bridgehead atoms. The van der Waals surface area contributed by atoms with Crippen molar-refractivity contribution in [2.45, 2.75) is 25.0 Å². The van der Waals surface area contributed by atoms with Gasteiger partial charge in [0.1, 0.15) is 0 Å². The highest BCUT2D eigenvalue weighted by Gasteiger charge is 2.56. The number of hydrogen-bond acceptors (Lipinski definition) is 7. The number of thiophene rings is 1. The maximum Gasteiger partial charge on any atom is 0.322 e. The fourth-order valence-corrected chi connectivity index (χ4v) is 6.00. The second-order valence-corrected chi connectivity index (χ2v) is 9.78. The topological polar surface area (TPSA) is 71.2 Å². The first-order valence-corrected chi connectivity index (χ1v) is 12.3. The monoisotopic (exact) mass is 500 g/mol. The van der Waals surface area contributed by atoms with Gasteiger partial charge < -0.3 is 15.5 Å². The Morgan fingerprint density at radius 1 is 1.12 bits per heavy atom. The van der Waals surface area contributed by atoms with E-state index in [1.165, 1.54) is 6.92 Å². The van der Waals surface area contributed by atoms with Gasteiger partial charge in [0.25, 0.3) is 0 Å². The molecular formula is C24H22Cl2N4O2S. The number of hydrogen-bond donors (Lipinski definition) is 1. The van der Waals surface area contributed by atoms with Crippen LogP contribution in [0.3, 0.4) is 0 Å². The van der Waals surface area contributed by atoms with Gasteiger partial charge in [-0.1, -0.05) is 41.4 Å². The Bertz CT molecular complexity index is 1210. The Morgan fingerprint density at radius 2 is 1.91 bits per heavy atom. The van der Waals surface area contributed by atoms with Crippen molar-refractivity contribution in [1.82, 2.24) is 9.96 Å². The molecule has 3 aromatic rings. The highest BCUT2D eigenvalue weighted by atomic mass is 35.5. The van der Waals surface area contributed by atoms with Crippen LogP contribution in [0, 0.1) is 0 Å². The molecule has 2 aliphatic heterocycles. The first-order valence-electron chi connectivity index (χ1n) is 10.6. The molecule has 3 heterocycles. The van der Waals surface area contributed by atoms with E-state index in [2.05, 4.69) is 17.5 Å². The molecule has 0 aliphatic carbocycles. The third-order valence-electron chi connectivity index (χ3n) is 6.01. The van der Waals surface area contributed by atoms with Crippen LogP contribution in [-0.2, 0) is 15.2 Å². The van der Waals surface area contributed by atoms with E-state index in [1.54, 1.807) is 22.5 Å². The summed E-state index contributed by atoms with van der Waals surface area (Å²) in [6.45, 7) is 2.74. The minimum Gasteiger partial charge on any atom is -0.370 e. The molecule has 2 N–H and O–H groups in total. The predicted octanol–water partition coefficient (Wildman–Crippen LogP) is 5.11. The van der Waals surface area contributed by atoms with Gasteiger partial charge in [-0.05, 0) is 69.8 Å². The van der Waals surface area contributed by atoms with Crippen LogP contribution >= 0.6 is 34.5 Å². The van der Waals surface area contributed by atoms with E-state index in [0.717, 1.165) is 35.2 Å². The van der Waals surface area contributed by atoms with E-state index in [-0.39, 0.29) is 5.97 Å². The molecule has 0 saturated carbocycles. The molecule has 2 aromatic carbocycles. The third kappa shape index (κ3) is 3.89. The molecular weight excluding hydrogens is 479 g/mol. The Hall–Kier alpha value is -2.58. The number of carbonyl (C=O) groups excluding carboxylic acids is 1. The summed E-state index contributed by atoms with van der Waals surface area (Å²) >= 11 is 14.1. The number of halogens is 2. The summed E-state index contributed by atoms with van der Waals surface area (Å²) in [4.78, 5) is 24.7. The van der Waals surface area contributed by atoms with Crippen LogP contribution in [0.1, 0.15) is 24.5 Å². The van der Waals surface area contributed by atoms with Crippen molar-refractivity contribution in [3.63, 3.8) is 0 Å². The van der Waals surface area contributed by atoms with Crippen LogP contribution in [0.25, 0.3) is 11.1 Å². The Morgan fingerprint density at radius 3 is 2.61 bits per heavy atom. The maximum absolute atomic E-state index is 11.9. The molecule has 1 aromatic heterocycles. The van der Waals surface area contributed by atoms with E-state index >= 15 is 0 Å². The Kier molecular flexibility index (Phi) is 5.82. The number of rotatable bonds is 4. The summed E-state index contributed by atoms with van der Waals surface area (Å²) in [6, 6.07) is 15.6. The zero-order chi connectivity index (χ0) is 23.2. The standard InChI is InChI=1S/C24H22Cl2N4O2S/c1-15(31)32-30-8-3-7-29-22(30)24(28-23(29)27,19-6-9-33-14-19)18-5-2-4-16(10-18)17-11-20(25)13-21(26)12-17/h2,4-6,9-14,22H,3,7-8H2,1H3,(H2,27,28). The minimum atomic E-state index is -0.877. The molecule has 1 fully saturated rings. The number of nitrogens with two attached hydrogens (primary N) is 1. The lowest BCUT2D eigenvalue weighted by molar-refractivity contribution is -0.226. The van der Waals surface area contributed by atoms with Crippen LogP contribution in [0.15, 0.2) is 64.3 Å². The van der Waals surface area contributed by atoms with Gasteiger partial charge in [0, 0.05) is 30.1 Å². The van der Waals surface area contributed by atoms with Gasteiger partial charge in [0.2, 0.25) is 0 Å². The predicted molar refractivity (Wildman–Crippen MR) is 132 cm³/mol. The Balaban J connectivity index is 1.70. The third-order valence-corrected chi connectivity index (χ3v) is 7.13. The van der Waals surface area contributed by atoms with Gasteiger partial charge in [-0.15, -0.1) is 5.06 Å². The first kappa shape index (κ1) is 22.2. The number of guanidine groups is 1. The number of aliphatic imine (C=N–C) groups is 1. The maximum atomic E-state index is 11.9. The fraction of sp³-hybridized carbons (Fsp3) is 0.250. The quantitative estimate of drug-likeness (QED) is 0.539. The molecule has 0 radical (unpaired) electrons. The summed E-state index contributed by atoms with van der Waals surface area (Å²) in [6.07, 6.45) is 0.406. The lowest BCUT2D eigenvalue weighted by Crippen LogP contribution is -2.61. The Labute approximate surface area is 206 Å². The van der Waals surface area contributed by atoms with Crippen LogP contribution in [0.2, 0.25) is 10.0 Å². The summed E-state index contributed by atoms with van der Waals surface area (Å²) in [5.74, 6) is 0.0584. The number of nitrogens with zero attached hydrogens (tertiary/aromatic N) is 3. The van der Waals surface area contributed by atoms with Gasteiger partial charge >= 0.3 is 5.97 Å². The summed E-state index contributed by atoms with van der Waals surface area (Å²) < 4.78 is 0. The molecule has 33 heavy (non-hydrogen) atoms. The van der Waals surface area contributed by atoms with Crippen molar-refractivity contribution in [3.8, 4) is 11.1 Å². The van der Waals surface area contributed by atoms with E-state index < -0.39 is 11.7 Å². The van der Waals surface area contributed by atoms with Crippen molar-refractivity contribution >= 4 is 46.5 Å². The zero-order valence-electron chi connectivity index (χ0n) is 17.9. The van der Waals surface area contributed by atoms with E-state index in [1.807, 2.05) is 40.6 Å². The molecule has 0 amide bonds. The van der Waals surface area contributed by atoms with Crippen LogP contribution in [0.4, 0.5) is 0 Å². The van der Waals surface area contributed by atoms with Crippen molar-refractivity contribution in [2.24, 2.45) is 10.7 Å². The zero-order valence-corrected chi connectivity index (χ0v) is 20.2. The number of benzene rings is 2. The SMILES string of the molecule is CC(=O)ON1CCCN2C(N)=NC(c3ccsc3)(c3cccc(-c4cc(Cl)cc(Cl)c4)c3)C12. The first-order chi connectivity index (χ1) is 15.9. The van der Waals surface area contributed by atoms with E-state index in [4.69, 9.17) is 38.8 Å². The average molecular weight is 501 g/mol. The van der Waals surface area contributed by atoms with Gasteiger partial charge in [0.15, 0.2) is 17.7 Å². The van der Waals surface area contributed by atoms with Crippen LogP contribution in [0.5, 0.6) is 0 Å². The smallest absolute Gasteiger partial charge is 0.322 e. The molecule has 170 valence electrons. The van der Waals surface area contributed by atoms with Gasteiger partial charge in [-0.3, -0.25) is 4.79 Å². The fourth-order valence-electron chi connectivity index (χ4n) is 4.77. The van der Waals surface area contributed by atoms with Crippen LogP contribution < -0.4 is 5.73 Å². The van der Waals surface area contributed by atoms with Crippen molar-refractivity contribution in [2.75, 3.05) is 13.1 Å². The molecule has 9 heteroatoms. The van der Waals surface area contributed by atoms with Crippen molar-refractivity contribution in [3.05, 3.63) is 80.5 Å². The van der Waals surface area contributed by atoms with Gasteiger partial charge in [0.05, 0.1) is 0 Å². The number of carbonyl (C=O) groups is 1. The minimum absolute atomic E-state index is 0.371. The van der Waals surface area contributed by atoms with Gasteiger partial charge in [-0.2, -0.15) is 11.3 Å². The molecule has 2 atom stereocenters. The molecule has 1 saturated heterocycles. The number of fused-ring (bicyclic) bond motifs is 1. The largest absolute Gasteiger partial charge is 0.370 e. The molecule has 2 unspecified atom stereocenters. The summed E-state index contributed by atoms with van der Waals surface area (Å²) in [5.41, 5.74) is 9.37. The lowest BCUT2D eigenvalue weighted by Gasteiger charge is -2.45. The second-order valence-electron chi connectivity index (χ2n) is 8.13. The summed E-state index contributed by atoms with van der Waals surface area (Å²) in [7, 11) is 0. The van der Waals surface area contributed by atoms with E-state index in [0.29, 0.717) is 22.5 Å². The van der Waals surface area contributed by atoms with Crippen LogP contribution in [-0.4, -0.2) is 41.1 Å². The summed E-state index contributed by atoms with van der Waals surface area (Å²) in [5, 5.41) is 6.95. The molecule has 5 rings (SSSR count). The lowest BCUT2D eigenvalue weighted by atomic mass is 9.80. The average Bonchev–Trinajstić information content (AvgIpc) is 3.41. The van der Waals surface area contributed by atoms with Crippen molar-refractivity contribution in [1.29, 1.82) is 0 Å². The molecule has 6 nitrogen and oxygen atoms in total. The van der Waals surface area contributed by atoms with E-state index in [9.17, 15) is 4.79 Å². The molecule has 2 aliphatic rings. The highest BCUT2D eigenvalue weighted by Crippen LogP contribution is 2.47. The molecule has 0 spiro atoms. The number of hydroxylamine groups is 2.